The zero-order valence-corrected chi connectivity index (χ0v) is 10.5. The van der Waals surface area contributed by atoms with Crippen molar-refractivity contribution in [3.63, 3.8) is 0 Å². The van der Waals surface area contributed by atoms with Crippen LogP contribution < -0.4 is 4.74 Å². The zero-order valence-electron chi connectivity index (χ0n) is 8.93. The maximum absolute atomic E-state index is 5.65. The van der Waals surface area contributed by atoms with Gasteiger partial charge in [0.2, 0.25) is 0 Å². The number of nitrogens with zero attached hydrogens (tertiary/aromatic N) is 3. The monoisotopic (exact) mass is 281 g/mol. The van der Waals surface area contributed by atoms with E-state index in [1.165, 1.54) is 0 Å². The lowest BCUT2D eigenvalue weighted by molar-refractivity contribution is 0.285. The molecule has 0 spiro atoms. The molecule has 2 rings (SSSR count). The normalized spacial score (nSPS) is 10.4. The van der Waals surface area contributed by atoms with Crippen LogP contribution in [0.2, 0.25) is 0 Å². The summed E-state index contributed by atoms with van der Waals surface area (Å²) in [5, 5.41) is 4.08. The van der Waals surface area contributed by atoms with Gasteiger partial charge < -0.3 is 4.74 Å². The van der Waals surface area contributed by atoms with E-state index in [-0.39, 0.29) is 0 Å². The summed E-state index contributed by atoms with van der Waals surface area (Å²) in [5.41, 5.74) is 0. The second-order valence-electron chi connectivity index (χ2n) is 3.21. The third kappa shape index (κ3) is 2.41. The van der Waals surface area contributed by atoms with E-state index >= 15 is 0 Å². The predicted octanol–water partition coefficient (Wildman–Crippen LogP) is 2.64. The molecule has 0 saturated carbocycles. The maximum Gasteiger partial charge on any atom is 0.164 e. The fourth-order valence-corrected chi connectivity index (χ4v) is 1.77. The van der Waals surface area contributed by atoms with Crippen LogP contribution in [0.1, 0.15) is 12.7 Å². The Balaban J connectivity index is 2.05. The third-order valence-electron chi connectivity index (χ3n) is 2.19. The average molecular weight is 282 g/mol. The summed E-state index contributed by atoms with van der Waals surface area (Å²) in [7, 11) is 0. The Kier molecular flexibility index (Phi) is 3.56. The Morgan fingerprint density at radius 3 is 2.94 bits per heavy atom. The van der Waals surface area contributed by atoms with Gasteiger partial charge in [0.05, 0.1) is 4.47 Å². The highest BCUT2D eigenvalue weighted by Crippen LogP contribution is 2.24. The molecule has 1 aromatic carbocycles. The molecule has 1 aromatic heterocycles. The molecule has 4 nitrogen and oxygen atoms in total. The van der Waals surface area contributed by atoms with Crippen LogP contribution in [0.25, 0.3) is 0 Å². The van der Waals surface area contributed by atoms with E-state index in [4.69, 9.17) is 4.74 Å². The Labute approximate surface area is 102 Å². The Hall–Kier alpha value is -1.36. The maximum atomic E-state index is 5.65. The van der Waals surface area contributed by atoms with Gasteiger partial charge >= 0.3 is 0 Å². The second-order valence-corrected chi connectivity index (χ2v) is 4.07. The van der Waals surface area contributed by atoms with Gasteiger partial charge in [0.15, 0.2) is 5.82 Å². The molecule has 0 N–H and O–H groups in total. The minimum Gasteiger partial charge on any atom is -0.484 e. The lowest BCUT2D eigenvalue weighted by Gasteiger charge is -2.07. The van der Waals surface area contributed by atoms with Crippen LogP contribution in [0.5, 0.6) is 5.75 Å². The molecule has 2 aromatic rings. The number of hydrogen-bond donors (Lipinski definition) is 0. The van der Waals surface area contributed by atoms with Crippen LogP contribution in [0.4, 0.5) is 0 Å². The van der Waals surface area contributed by atoms with Crippen molar-refractivity contribution in [1.82, 2.24) is 14.8 Å². The molecule has 0 aliphatic heterocycles. The molecule has 0 aliphatic carbocycles. The summed E-state index contributed by atoms with van der Waals surface area (Å²) < 4.78 is 8.41. The zero-order chi connectivity index (χ0) is 11.4. The third-order valence-corrected chi connectivity index (χ3v) is 2.84. The first-order valence-corrected chi connectivity index (χ1v) is 5.84. The van der Waals surface area contributed by atoms with E-state index in [9.17, 15) is 0 Å². The van der Waals surface area contributed by atoms with E-state index in [2.05, 4.69) is 26.0 Å². The number of ether oxygens (including phenoxy) is 1. The highest BCUT2D eigenvalue weighted by molar-refractivity contribution is 9.10. The van der Waals surface area contributed by atoms with Gasteiger partial charge in [-0.05, 0) is 35.0 Å². The quantitative estimate of drug-likeness (QED) is 0.865. The van der Waals surface area contributed by atoms with Crippen LogP contribution in [0.15, 0.2) is 35.1 Å². The average Bonchev–Trinajstić information content (AvgIpc) is 2.75. The Morgan fingerprint density at radius 1 is 1.38 bits per heavy atom. The van der Waals surface area contributed by atoms with Crippen molar-refractivity contribution in [3.8, 4) is 5.75 Å². The van der Waals surface area contributed by atoms with E-state index in [1.54, 1.807) is 6.33 Å². The van der Waals surface area contributed by atoms with Crippen LogP contribution in [0.3, 0.4) is 0 Å². The summed E-state index contributed by atoms with van der Waals surface area (Å²) in [5.74, 6) is 1.64. The molecular weight excluding hydrogens is 270 g/mol. The van der Waals surface area contributed by atoms with Crippen molar-refractivity contribution in [3.05, 3.63) is 40.9 Å². The number of rotatable bonds is 4. The molecule has 0 saturated heterocycles. The molecule has 1 heterocycles. The molecule has 0 atom stereocenters. The molecular formula is C11H12BrN3O. The van der Waals surface area contributed by atoms with Crippen molar-refractivity contribution in [1.29, 1.82) is 0 Å². The fraction of sp³-hybridized carbons (Fsp3) is 0.273. The van der Waals surface area contributed by atoms with Crippen molar-refractivity contribution >= 4 is 15.9 Å². The second kappa shape index (κ2) is 5.12. The van der Waals surface area contributed by atoms with Crippen molar-refractivity contribution < 1.29 is 4.74 Å². The highest BCUT2D eigenvalue weighted by atomic mass is 79.9. The van der Waals surface area contributed by atoms with Crippen LogP contribution >= 0.6 is 15.9 Å². The number of benzene rings is 1. The fourth-order valence-electron chi connectivity index (χ4n) is 1.37. The summed E-state index contributed by atoms with van der Waals surface area (Å²) in [6, 6.07) is 7.74. The lowest BCUT2D eigenvalue weighted by Crippen LogP contribution is -2.07. The number of aromatic nitrogens is 3. The lowest BCUT2D eigenvalue weighted by atomic mass is 10.3. The van der Waals surface area contributed by atoms with Crippen LogP contribution in [0, 0.1) is 0 Å². The summed E-state index contributed by atoms with van der Waals surface area (Å²) >= 11 is 3.43. The molecule has 16 heavy (non-hydrogen) atoms. The SMILES string of the molecule is CCn1ncnc1COc1ccccc1Br. The van der Waals surface area contributed by atoms with Crippen molar-refractivity contribution in [2.75, 3.05) is 0 Å². The van der Waals surface area contributed by atoms with E-state index in [0.717, 1.165) is 22.6 Å². The van der Waals surface area contributed by atoms with Gasteiger partial charge in [-0.3, -0.25) is 0 Å². The first-order chi connectivity index (χ1) is 7.81. The first kappa shape index (κ1) is 11.1. The van der Waals surface area contributed by atoms with Gasteiger partial charge in [-0.2, -0.15) is 5.10 Å². The molecule has 5 heteroatoms. The van der Waals surface area contributed by atoms with Gasteiger partial charge in [0.1, 0.15) is 18.7 Å². The number of hydrogen-bond acceptors (Lipinski definition) is 3. The van der Waals surface area contributed by atoms with Crippen molar-refractivity contribution in [2.45, 2.75) is 20.1 Å². The summed E-state index contributed by atoms with van der Waals surface area (Å²) in [4.78, 5) is 4.14. The molecule has 84 valence electrons. The van der Waals surface area contributed by atoms with Gasteiger partial charge in [0, 0.05) is 6.54 Å². The largest absolute Gasteiger partial charge is 0.484 e. The molecule has 0 bridgehead atoms. The molecule has 0 amide bonds. The summed E-state index contributed by atoms with van der Waals surface area (Å²) in [6.07, 6.45) is 1.54. The molecule has 0 fully saturated rings. The van der Waals surface area contributed by atoms with Crippen molar-refractivity contribution in [2.24, 2.45) is 0 Å². The Bertz CT molecular complexity index is 470. The van der Waals surface area contributed by atoms with Gasteiger partial charge in [-0.25, -0.2) is 9.67 Å². The van der Waals surface area contributed by atoms with Gasteiger partial charge in [0.25, 0.3) is 0 Å². The minimum atomic E-state index is 0.427. The number of aryl methyl sites for hydroxylation is 1. The predicted molar refractivity (Wildman–Crippen MR) is 64.2 cm³/mol. The highest BCUT2D eigenvalue weighted by Gasteiger charge is 2.05. The molecule has 0 unspecified atom stereocenters. The smallest absolute Gasteiger partial charge is 0.164 e. The van der Waals surface area contributed by atoms with E-state index in [0.29, 0.717) is 6.61 Å². The van der Waals surface area contributed by atoms with Gasteiger partial charge in [-0.1, -0.05) is 12.1 Å². The molecule has 0 aliphatic rings. The van der Waals surface area contributed by atoms with E-state index in [1.807, 2.05) is 35.9 Å². The number of para-hydroxylation sites is 1. The standard InChI is InChI=1S/C11H12BrN3O/c1-2-15-11(13-8-14-15)7-16-10-6-4-3-5-9(10)12/h3-6,8H,2,7H2,1H3. The van der Waals surface area contributed by atoms with Crippen LogP contribution in [-0.2, 0) is 13.2 Å². The van der Waals surface area contributed by atoms with Gasteiger partial charge in [-0.15, -0.1) is 0 Å². The minimum absolute atomic E-state index is 0.427. The molecule has 0 radical (unpaired) electrons. The topological polar surface area (TPSA) is 39.9 Å². The van der Waals surface area contributed by atoms with Crippen LogP contribution in [-0.4, -0.2) is 14.8 Å². The summed E-state index contributed by atoms with van der Waals surface area (Å²) in [6.45, 7) is 3.25. The van der Waals surface area contributed by atoms with E-state index < -0.39 is 0 Å². The first-order valence-electron chi connectivity index (χ1n) is 5.05. The number of halogens is 1. The Morgan fingerprint density at radius 2 is 2.19 bits per heavy atom.